The minimum absolute atomic E-state index is 0.00410. The quantitative estimate of drug-likeness (QED) is 0.313. The molecular weight excluding hydrogens is 521 g/mol. The summed E-state index contributed by atoms with van der Waals surface area (Å²) in [7, 11) is -0.903. The Labute approximate surface area is 216 Å². The van der Waals surface area contributed by atoms with Crippen LogP contribution in [0.4, 0.5) is 10.1 Å². The van der Waals surface area contributed by atoms with Crippen molar-refractivity contribution in [3.05, 3.63) is 83.2 Å². The number of methoxy groups -OCH3 is 2. The predicted molar refractivity (Wildman–Crippen MR) is 136 cm³/mol. The van der Waals surface area contributed by atoms with E-state index in [0.29, 0.717) is 33.9 Å². The second-order valence-electron chi connectivity index (χ2n) is 7.80. The number of rotatable bonds is 9. The molecule has 9 nitrogen and oxygen atoms in total. The summed E-state index contributed by atoms with van der Waals surface area (Å²) in [5.41, 5.74) is 1.64. The molecule has 4 aromatic rings. The van der Waals surface area contributed by atoms with E-state index in [4.69, 9.17) is 14.2 Å². The Balaban J connectivity index is 1.44. The smallest absolute Gasteiger partial charge is 0.300 e. The number of hydrogen-bond acceptors (Lipinski definition) is 9. The van der Waals surface area contributed by atoms with Crippen molar-refractivity contribution in [2.24, 2.45) is 0 Å². The topological polar surface area (TPSA) is 117 Å². The van der Waals surface area contributed by atoms with Gasteiger partial charge >= 0.3 is 5.19 Å². The number of anilines is 1. The SMILES string of the molecule is COc1cccc(OC)c1Oc1nnc(S(=O)(=O)Cc2ccc(C(=O)Nc3ccc(F)c(C)c3)cc2)s1. The molecule has 1 amide bonds. The molecule has 3 aromatic carbocycles. The minimum atomic E-state index is -3.84. The number of aromatic nitrogens is 2. The first kappa shape index (κ1) is 26.0. The number of sulfone groups is 1. The highest BCUT2D eigenvalue weighted by atomic mass is 32.2. The molecule has 12 heteroatoms. The molecule has 0 spiro atoms. The summed E-state index contributed by atoms with van der Waals surface area (Å²) >= 11 is 0.769. The Morgan fingerprint density at radius 3 is 2.30 bits per heavy atom. The van der Waals surface area contributed by atoms with E-state index in [1.165, 1.54) is 44.6 Å². The van der Waals surface area contributed by atoms with Gasteiger partial charge in [0.05, 0.1) is 20.0 Å². The van der Waals surface area contributed by atoms with Crippen LogP contribution in [0, 0.1) is 12.7 Å². The van der Waals surface area contributed by atoms with Crippen LogP contribution >= 0.6 is 11.3 Å². The Kier molecular flexibility index (Phi) is 7.69. The van der Waals surface area contributed by atoms with Crippen LogP contribution in [0.3, 0.4) is 0 Å². The lowest BCUT2D eigenvalue weighted by Crippen LogP contribution is -2.12. The number of nitrogens with zero attached hydrogens (tertiary/aromatic N) is 2. The number of amides is 1. The maximum absolute atomic E-state index is 13.4. The van der Waals surface area contributed by atoms with E-state index in [1.807, 2.05) is 0 Å². The van der Waals surface area contributed by atoms with Crippen LogP contribution in [0.15, 0.2) is 65.0 Å². The van der Waals surface area contributed by atoms with Gasteiger partial charge < -0.3 is 19.5 Å². The van der Waals surface area contributed by atoms with E-state index in [2.05, 4.69) is 15.5 Å². The zero-order valence-electron chi connectivity index (χ0n) is 20.0. The summed E-state index contributed by atoms with van der Waals surface area (Å²) in [6.45, 7) is 1.60. The zero-order chi connectivity index (χ0) is 26.6. The number of halogens is 1. The van der Waals surface area contributed by atoms with E-state index in [1.54, 1.807) is 37.3 Å². The maximum atomic E-state index is 13.4. The third kappa shape index (κ3) is 6.04. The number of benzene rings is 3. The van der Waals surface area contributed by atoms with Gasteiger partial charge in [-0.05, 0) is 71.9 Å². The standard InChI is InChI=1S/C25H22FN3O6S2/c1-15-13-18(11-12-19(15)26)27-23(30)17-9-7-16(8-10-17)14-37(31,32)25-29-28-24(36-25)35-22-20(33-2)5-4-6-21(22)34-3/h4-13H,14H2,1-3H3,(H,27,30). The normalized spacial score (nSPS) is 11.1. The molecule has 0 atom stereocenters. The number of nitrogens with one attached hydrogen (secondary N) is 1. The van der Waals surface area contributed by atoms with Gasteiger partial charge in [0.15, 0.2) is 11.5 Å². The number of carbonyl (C=O) groups excluding carboxylic acids is 1. The third-order valence-electron chi connectivity index (χ3n) is 5.21. The van der Waals surface area contributed by atoms with Gasteiger partial charge in [0.25, 0.3) is 5.91 Å². The summed E-state index contributed by atoms with van der Waals surface area (Å²) in [6.07, 6.45) is 0. The lowest BCUT2D eigenvalue weighted by molar-refractivity contribution is 0.102. The van der Waals surface area contributed by atoms with Gasteiger partial charge in [-0.3, -0.25) is 4.79 Å². The van der Waals surface area contributed by atoms with Gasteiger partial charge in [-0.2, -0.15) is 0 Å². The van der Waals surface area contributed by atoms with Gasteiger partial charge in [0.1, 0.15) is 5.82 Å². The van der Waals surface area contributed by atoms with Crippen LogP contribution in [0.1, 0.15) is 21.5 Å². The number of ether oxygens (including phenoxy) is 3. The zero-order valence-corrected chi connectivity index (χ0v) is 21.7. The predicted octanol–water partition coefficient (Wildman–Crippen LogP) is 5.02. The number of para-hydroxylation sites is 1. The molecule has 0 aliphatic rings. The average molecular weight is 544 g/mol. The Bertz CT molecular complexity index is 1520. The van der Waals surface area contributed by atoms with Crippen molar-refractivity contribution >= 4 is 32.8 Å². The minimum Gasteiger partial charge on any atom is -0.493 e. The second kappa shape index (κ2) is 10.9. The monoisotopic (exact) mass is 543 g/mol. The number of carbonyl (C=O) groups is 1. The van der Waals surface area contributed by atoms with Crippen LogP contribution < -0.4 is 19.5 Å². The molecule has 0 saturated heterocycles. The van der Waals surface area contributed by atoms with Crippen molar-refractivity contribution in [3.63, 3.8) is 0 Å². The van der Waals surface area contributed by atoms with Gasteiger partial charge in [0.2, 0.25) is 19.9 Å². The Hall–Kier alpha value is -4.03. The highest BCUT2D eigenvalue weighted by molar-refractivity contribution is 7.92. The molecular formula is C25H22FN3O6S2. The summed E-state index contributed by atoms with van der Waals surface area (Å²) in [4.78, 5) is 12.5. The van der Waals surface area contributed by atoms with Crippen LogP contribution in [-0.4, -0.2) is 38.7 Å². The fourth-order valence-electron chi connectivity index (χ4n) is 3.33. The summed E-state index contributed by atoms with van der Waals surface area (Å²) in [6, 6.07) is 15.4. The molecule has 0 aliphatic heterocycles. The molecule has 192 valence electrons. The first-order valence-electron chi connectivity index (χ1n) is 10.8. The highest BCUT2D eigenvalue weighted by Gasteiger charge is 2.23. The van der Waals surface area contributed by atoms with Crippen molar-refractivity contribution in [3.8, 4) is 22.4 Å². The molecule has 1 aromatic heterocycles. The molecule has 0 saturated carbocycles. The summed E-state index contributed by atoms with van der Waals surface area (Å²) < 4.78 is 55.3. The van der Waals surface area contributed by atoms with E-state index >= 15 is 0 Å². The Morgan fingerprint density at radius 1 is 1.00 bits per heavy atom. The van der Waals surface area contributed by atoms with E-state index < -0.39 is 15.7 Å². The van der Waals surface area contributed by atoms with Crippen molar-refractivity contribution in [1.82, 2.24) is 10.2 Å². The van der Waals surface area contributed by atoms with Crippen LogP contribution in [0.2, 0.25) is 0 Å². The molecule has 0 bridgehead atoms. The molecule has 0 radical (unpaired) electrons. The van der Waals surface area contributed by atoms with E-state index in [9.17, 15) is 17.6 Å². The fraction of sp³-hybridized carbons (Fsp3) is 0.160. The van der Waals surface area contributed by atoms with Gasteiger partial charge in [-0.1, -0.05) is 23.3 Å². The summed E-state index contributed by atoms with van der Waals surface area (Å²) in [5.74, 6) is -0.0959. The van der Waals surface area contributed by atoms with Crippen molar-refractivity contribution in [1.29, 1.82) is 0 Å². The lowest BCUT2D eigenvalue weighted by atomic mass is 10.1. The van der Waals surface area contributed by atoms with Gasteiger partial charge in [-0.25, -0.2) is 12.8 Å². The van der Waals surface area contributed by atoms with Crippen LogP contribution in [-0.2, 0) is 15.6 Å². The molecule has 1 N–H and O–H groups in total. The number of aryl methyl sites for hydroxylation is 1. The first-order valence-corrected chi connectivity index (χ1v) is 13.3. The highest BCUT2D eigenvalue weighted by Crippen LogP contribution is 2.41. The second-order valence-corrected chi connectivity index (χ2v) is 10.9. The van der Waals surface area contributed by atoms with E-state index in [0.717, 1.165) is 11.3 Å². The maximum Gasteiger partial charge on any atom is 0.300 e. The fourth-order valence-corrected chi connectivity index (χ4v) is 5.58. The van der Waals surface area contributed by atoms with Gasteiger partial charge in [-0.15, -0.1) is 5.10 Å². The molecule has 0 unspecified atom stereocenters. The number of hydrogen-bond donors (Lipinski definition) is 1. The average Bonchev–Trinajstić information content (AvgIpc) is 3.36. The first-order chi connectivity index (χ1) is 17.7. The van der Waals surface area contributed by atoms with Gasteiger partial charge in [0, 0.05) is 11.3 Å². The summed E-state index contributed by atoms with van der Waals surface area (Å²) in [5, 5.41) is 10.3. The van der Waals surface area contributed by atoms with Crippen LogP contribution in [0.5, 0.6) is 22.4 Å². The van der Waals surface area contributed by atoms with Crippen molar-refractivity contribution in [2.45, 2.75) is 17.0 Å². The van der Waals surface area contributed by atoms with E-state index in [-0.39, 0.29) is 26.9 Å². The molecule has 37 heavy (non-hydrogen) atoms. The van der Waals surface area contributed by atoms with Crippen LogP contribution in [0.25, 0.3) is 0 Å². The molecule has 4 rings (SSSR count). The largest absolute Gasteiger partial charge is 0.493 e. The van der Waals surface area contributed by atoms with Crippen molar-refractivity contribution < 1.29 is 31.8 Å². The molecule has 0 fully saturated rings. The molecule has 0 aliphatic carbocycles. The Morgan fingerprint density at radius 2 is 1.68 bits per heavy atom. The molecule has 1 heterocycles. The third-order valence-corrected chi connectivity index (χ3v) is 8.15. The van der Waals surface area contributed by atoms with Crippen molar-refractivity contribution in [2.75, 3.05) is 19.5 Å². The lowest BCUT2D eigenvalue weighted by Gasteiger charge is -2.11.